The molecule has 1 rings (SSSR count). The lowest BCUT2D eigenvalue weighted by Gasteiger charge is -2.03. The monoisotopic (exact) mass is 205 g/mol. The van der Waals surface area contributed by atoms with Crippen LogP contribution in [-0.4, -0.2) is 6.09 Å². The van der Waals surface area contributed by atoms with Gasteiger partial charge in [0, 0.05) is 6.20 Å². The van der Waals surface area contributed by atoms with Gasteiger partial charge in [-0.15, -0.1) is 0 Å². The highest BCUT2D eigenvalue weighted by Gasteiger charge is 1.98. The lowest BCUT2D eigenvalue weighted by molar-refractivity contribution is 0.143. The Bertz CT molecular complexity index is 320. The lowest BCUT2D eigenvalue weighted by atomic mass is 10.2. The number of hydrogen-bond acceptors (Lipinski definition) is 2. The molecule has 1 N–H and O–H groups in total. The Balaban J connectivity index is 2.26. The van der Waals surface area contributed by atoms with E-state index in [0.29, 0.717) is 6.61 Å². The van der Waals surface area contributed by atoms with E-state index in [-0.39, 0.29) is 0 Å². The Kier molecular flexibility index (Phi) is 5.01. The van der Waals surface area contributed by atoms with Crippen molar-refractivity contribution in [1.82, 2.24) is 5.32 Å². The molecule has 0 aliphatic heterocycles. The summed E-state index contributed by atoms with van der Waals surface area (Å²) in [6, 6.07) is 9.57. The fourth-order valence-corrected chi connectivity index (χ4v) is 1.01. The number of rotatable bonds is 4. The third-order valence-corrected chi connectivity index (χ3v) is 1.77. The average molecular weight is 205 g/mol. The molecular weight excluding hydrogens is 190 g/mol. The summed E-state index contributed by atoms with van der Waals surface area (Å²) in [4.78, 5) is 11.1. The molecule has 80 valence electrons. The molecule has 15 heavy (non-hydrogen) atoms. The van der Waals surface area contributed by atoms with Crippen molar-refractivity contribution in [2.45, 2.75) is 20.0 Å². The van der Waals surface area contributed by atoms with Crippen LogP contribution < -0.4 is 5.32 Å². The summed E-state index contributed by atoms with van der Waals surface area (Å²) < 4.78 is 4.97. The number of allylic oxidation sites excluding steroid dienone is 1. The van der Waals surface area contributed by atoms with Crippen molar-refractivity contribution < 1.29 is 9.53 Å². The predicted molar refractivity (Wildman–Crippen MR) is 59.2 cm³/mol. The molecule has 0 heterocycles. The average Bonchev–Trinajstić information content (AvgIpc) is 2.28. The van der Waals surface area contributed by atoms with Gasteiger partial charge in [0.05, 0.1) is 0 Å². The van der Waals surface area contributed by atoms with E-state index in [1.807, 2.05) is 43.3 Å². The molecule has 1 amide bonds. The van der Waals surface area contributed by atoms with Gasteiger partial charge in [-0.05, 0) is 12.0 Å². The van der Waals surface area contributed by atoms with Gasteiger partial charge in [-0.1, -0.05) is 43.3 Å². The molecule has 3 heteroatoms. The van der Waals surface area contributed by atoms with Gasteiger partial charge >= 0.3 is 6.09 Å². The van der Waals surface area contributed by atoms with Crippen LogP contribution in [0.25, 0.3) is 0 Å². The minimum absolute atomic E-state index is 0.298. The molecule has 0 bridgehead atoms. The first-order valence-electron chi connectivity index (χ1n) is 4.95. The molecule has 1 aromatic rings. The second-order valence-corrected chi connectivity index (χ2v) is 3.02. The molecule has 1 aromatic carbocycles. The Morgan fingerprint density at radius 2 is 2.13 bits per heavy atom. The van der Waals surface area contributed by atoms with E-state index in [1.54, 1.807) is 6.20 Å². The second kappa shape index (κ2) is 6.65. The quantitative estimate of drug-likeness (QED) is 0.820. The summed E-state index contributed by atoms with van der Waals surface area (Å²) in [5.41, 5.74) is 0.979. The number of carbonyl (C=O) groups excluding carboxylic acids is 1. The molecule has 0 saturated heterocycles. The van der Waals surface area contributed by atoms with Crippen LogP contribution in [0.2, 0.25) is 0 Å². The third-order valence-electron chi connectivity index (χ3n) is 1.77. The first-order valence-corrected chi connectivity index (χ1v) is 4.95. The molecule has 0 spiro atoms. The number of alkyl carbamates (subject to hydrolysis) is 1. The molecule has 3 nitrogen and oxygen atoms in total. The zero-order chi connectivity index (χ0) is 10.9. The summed E-state index contributed by atoms with van der Waals surface area (Å²) in [6.07, 6.45) is 3.90. The fraction of sp³-hybridized carbons (Fsp3) is 0.250. The van der Waals surface area contributed by atoms with E-state index < -0.39 is 6.09 Å². The van der Waals surface area contributed by atoms with Gasteiger partial charge in [-0.2, -0.15) is 0 Å². The van der Waals surface area contributed by atoms with Gasteiger partial charge in [0.1, 0.15) is 6.61 Å². The SMILES string of the molecule is CC/C=C\NC(=O)OCc1ccccc1. The van der Waals surface area contributed by atoms with Gasteiger partial charge in [0.25, 0.3) is 0 Å². The molecule has 0 radical (unpaired) electrons. The minimum atomic E-state index is -0.427. The van der Waals surface area contributed by atoms with Crippen molar-refractivity contribution in [3.63, 3.8) is 0 Å². The highest BCUT2D eigenvalue weighted by Crippen LogP contribution is 2.00. The highest BCUT2D eigenvalue weighted by molar-refractivity contribution is 5.68. The van der Waals surface area contributed by atoms with Crippen molar-refractivity contribution in [2.75, 3.05) is 0 Å². The lowest BCUT2D eigenvalue weighted by Crippen LogP contribution is -2.18. The van der Waals surface area contributed by atoms with Crippen molar-refractivity contribution in [1.29, 1.82) is 0 Å². The summed E-state index contributed by atoms with van der Waals surface area (Å²) in [6.45, 7) is 2.29. The van der Waals surface area contributed by atoms with Crippen LogP contribution in [0.3, 0.4) is 0 Å². The molecule has 0 aromatic heterocycles. The van der Waals surface area contributed by atoms with Crippen LogP contribution in [-0.2, 0) is 11.3 Å². The van der Waals surface area contributed by atoms with Gasteiger partial charge in [0.2, 0.25) is 0 Å². The highest BCUT2D eigenvalue weighted by atomic mass is 16.5. The Hall–Kier alpha value is -1.77. The number of ether oxygens (including phenoxy) is 1. The summed E-state index contributed by atoms with van der Waals surface area (Å²) in [7, 11) is 0. The fourth-order valence-electron chi connectivity index (χ4n) is 1.01. The number of hydrogen-bond donors (Lipinski definition) is 1. The summed E-state index contributed by atoms with van der Waals surface area (Å²) in [5, 5.41) is 2.51. The molecule has 0 aliphatic rings. The van der Waals surface area contributed by atoms with Gasteiger partial charge in [-0.3, -0.25) is 5.32 Å². The maximum atomic E-state index is 11.1. The molecule has 0 fully saturated rings. The second-order valence-electron chi connectivity index (χ2n) is 3.02. The van der Waals surface area contributed by atoms with Crippen LogP contribution in [0.5, 0.6) is 0 Å². The Morgan fingerprint density at radius 3 is 2.80 bits per heavy atom. The van der Waals surface area contributed by atoms with Crippen molar-refractivity contribution in [3.8, 4) is 0 Å². The van der Waals surface area contributed by atoms with Gasteiger partial charge in [-0.25, -0.2) is 4.79 Å². The maximum absolute atomic E-state index is 11.1. The molecular formula is C12H15NO2. The van der Waals surface area contributed by atoms with Crippen LogP contribution in [0.1, 0.15) is 18.9 Å². The topological polar surface area (TPSA) is 38.3 Å². The first-order chi connectivity index (χ1) is 7.33. The number of nitrogens with one attached hydrogen (secondary N) is 1. The molecule has 0 atom stereocenters. The van der Waals surface area contributed by atoms with Crippen LogP contribution in [0, 0.1) is 0 Å². The molecule has 0 aliphatic carbocycles. The van der Waals surface area contributed by atoms with Gasteiger partial charge in [0.15, 0.2) is 0 Å². The number of amides is 1. The summed E-state index contributed by atoms with van der Waals surface area (Å²) in [5.74, 6) is 0. The van der Waals surface area contributed by atoms with Crippen molar-refractivity contribution in [2.24, 2.45) is 0 Å². The molecule has 0 saturated carbocycles. The third kappa shape index (κ3) is 4.86. The van der Waals surface area contributed by atoms with Gasteiger partial charge < -0.3 is 4.74 Å². The van der Waals surface area contributed by atoms with E-state index in [1.165, 1.54) is 0 Å². The zero-order valence-corrected chi connectivity index (χ0v) is 8.77. The van der Waals surface area contributed by atoms with Crippen LogP contribution >= 0.6 is 0 Å². The smallest absolute Gasteiger partial charge is 0.411 e. The van der Waals surface area contributed by atoms with Crippen molar-refractivity contribution in [3.05, 3.63) is 48.2 Å². The van der Waals surface area contributed by atoms with E-state index in [2.05, 4.69) is 5.32 Å². The van der Waals surface area contributed by atoms with Crippen LogP contribution in [0.4, 0.5) is 4.79 Å². The normalized spacial score (nSPS) is 10.2. The van der Waals surface area contributed by atoms with E-state index in [4.69, 9.17) is 4.74 Å². The number of benzene rings is 1. The maximum Gasteiger partial charge on any atom is 0.411 e. The Morgan fingerprint density at radius 1 is 1.40 bits per heavy atom. The minimum Gasteiger partial charge on any atom is -0.444 e. The van der Waals surface area contributed by atoms with Crippen LogP contribution in [0.15, 0.2) is 42.6 Å². The summed E-state index contributed by atoms with van der Waals surface area (Å²) >= 11 is 0. The first kappa shape index (κ1) is 11.3. The van der Waals surface area contributed by atoms with E-state index >= 15 is 0 Å². The largest absolute Gasteiger partial charge is 0.444 e. The van der Waals surface area contributed by atoms with Crippen molar-refractivity contribution >= 4 is 6.09 Å². The standard InChI is InChI=1S/C12H15NO2/c1-2-3-9-13-12(14)15-10-11-7-5-4-6-8-11/h3-9H,2,10H2,1H3,(H,13,14)/b9-3-. The zero-order valence-electron chi connectivity index (χ0n) is 8.77. The van der Waals surface area contributed by atoms with E-state index in [9.17, 15) is 4.79 Å². The predicted octanol–water partition coefficient (Wildman–Crippen LogP) is 2.84. The number of carbonyl (C=O) groups is 1. The van der Waals surface area contributed by atoms with E-state index in [0.717, 1.165) is 12.0 Å². The Labute approximate surface area is 89.8 Å². The molecule has 0 unspecified atom stereocenters.